The molecule has 0 saturated carbocycles. The molecule has 108 valence electrons. The second-order valence-electron chi connectivity index (χ2n) is 4.25. The molecule has 2 aromatic rings. The molecule has 0 aliphatic carbocycles. The number of rotatable bonds is 6. The number of hydrogen-bond acceptors (Lipinski definition) is 6. The number of thiophene rings is 1. The SMILES string of the molecule is CCOC(=O)c1sc(NCCc2nccn2C)cc1N. The summed E-state index contributed by atoms with van der Waals surface area (Å²) in [5.41, 5.74) is 6.27. The van der Waals surface area contributed by atoms with Crippen molar-refractivity contribution in [3.8, 4) is 0 Å². The van der Waals surface area contributed by atoms with E-state index >= 15 is 0 Å². The van der Waals surface area contributed by atoms with E-state index in [1.165, 1.54) is 11.3 Å². The number of esters is 1. The monoisotopic (exact) mass is 294 g/mol. The Hall–Kier alpha value is -2.02. The molecule has 0 bridgehead atoms. The predicted octanol–water partition coefficient (Wildman–Crippen LogP) is 1.90. The number of anilines is 2. The lowest BCUT2D eigenvalue weighted by Crippen LogP contribution is -2.07. The molecule has 0 fully saturated rings. The highest BCUT2D eigenvalue weighted by Crippen LogP contribution is 2.29. The zero-order valence-electron chi connectivity index (χ0n) is 11.5. The highest BCUT2D eigenvalue weighted by atomic mass is 32.1. The fourth-order valence-corrected chi connectivity index (χ4v) is 2.68. The maximum Gasteiger partial charge on any atom is 0.350 e. The van der Waals surface area contributed by atoms with Gasteiger partial charge in [-0.15, -0.1) is 11.3 Å². The predicted molar refractivity (Wildman–Crippen MR) is 80.1 cm³/mol. The zero-order valence-corrected chi connectivity index (χ0v) is 12.4. The van der Waals surface area contributed by atoms with Crippen molar-refractivity contribution in [2.45, 2.75) is 13.3 Å². The van der Waals surface area contributed by atoms with Gasteiger partial charge in [0.15, 0.2) is 0 Å². The average molecular weight is 294 g/mol. The molecule has 2 heterocycles. The van der Waals surface area contributed by atoms with Gasteiger partial charge in [-0.2, -0.15) is 0 Å². The fourth-order valence-electron chi connectivity index (χ4n) is 1.78. The largest absolute Gasteiger partial charge is 0.462 e. The van der Waals surface area contributed by atoms with Crippen LogP contribution >= 0.6 is 11.3 Å². The topological polar surface area (TPSA) is 82.2 Å². The van der Waals surface area contributed by atoms with E-state index < -0.39 is 0 Å². The normalized spacial score (nSPS) is 10.5. The van der Waals surface area contributed by atoms with Gasteiger partial charge in [-0.25, -0.2) is 9.78 Å². The first-order valence-corrected chi connectivity index (χ1v) is 7.20. The zero-order chi connectivity index (χ0) is 14.5. The van der Waals surface area contributed by atoms with Crippen LogP contribution in [0.4, 0.5) is 10.7 Å². The summed E-state index contributed by atoms with van der Waals surface area (Å²) < 4.78 is 6.93. The van der Waals surface area contributed by atoms with Crippen molar-refractivity contribution >= 4 is 28.0 Å². The maximum atomic E-state index is 11.7. The Bertz CT molecular complexity index is 591. The lowest BCUT2D eigenvalue weighted by molar-refractivity contribution is 0.0533. The third-order valence-corrected chi connectivity index (χ3v) is 3.88. The van der Waals surface area contributed by atoms with Crippen LogP contribution in [0.25, 0.3) is 0 Å². The van der Waals surface area contributed by atoms with Crippen molar-refractivity contribution in [2.24, 2.45) is 7.05 Å². The maximum absolute atomic E-state index is 11.7. The second kappa shape index (κ2) is 6.42. The second-order valence-corrected chi connectivity index (χ2v) is 5.30. The Balaban J connectivity index is 1.92. The first-order valence-electron chi connectivity index (χ1n) is 6.38. The molecule has 20 heavy (non-hydrogen) atoms. The van der Waals surface area contributed by atoms with E-state index in [4.69, 9.17) is 10.5 Å². The number of aryl methyl sites for hydroxylation is 1. The van der Waals surface area contributed by atoms with Crippen molar-refractivity contribution in [3.05, 3.63) is 29.2 Å². The molecule has 0 atom stereocenters. The van der Waals surface area contributed by atoms with Gasteiger partial charge in [0.2, 0.25) is 0 Å². The van der Waals surface area contributed by atoms with Crippen LogP contribution in [0.1, 0.15) is 22.4 Å². The summed E-state index contributed by atoms with van der Waals surface area (Å²) in [6.45, 7) is 2.85. The molecule has 0 unspecified atom stereocenters. The fraction of sp³-hybridized carbons (Fsp3) is 0.385. The van der Waals surface area contributed by atoms with Crippen LogP contribution in [0.5, 0.6) is 0 Å². The van der Waals surface area contributed by atoms with Gasteiger partial charge in [-0.3, -0.25) is 0 Å². The number of ether oxygens (including phenoxy) is 1. The van der Waals surface area contributed by atoms with Crippen LogP contribution in [0.3, 0.4) is 0 Å². The molecular weight excluding hydrogens is 276 g/mol. The number of carbonyl (C=O) groups excluding carboxylic acids is 1. The van der Waals surface area contributed by atoms with Crippen LogP contribution in [0.15, 0.2) is 18.5 Å². The number of imidazole rings is 1. The third kappa shape index (κ3) is 3.30. The lowest BCUT2D eigenvalue weighted by Gasteiger charge is -2.03. The van der Waals surface area contributed by atoms with Crippen molar-refractivity contribution in [1.82, 2.24) is 9.55 Å². The van der Waals surface area contributed by atoms with E-state index in [1.54, 1.807) is 19.2 Å². The molecule has 2 rings (SSSR count). The number of aromatic nitrogens is 2. The number of nitrogens with zero attached hydrogens (tertiary/aromatic N) is 2. The third-order valence-electron chi connectivity index (χ3n) is 2.79. The van der Waals surface area contributed by atoms with E-state index in [9.17, 15) is 4.79 Å². The van der Waals surface area contributed by atoms with Crippen LogP contribution < -0.4 is 11.1 Å². The van der Waals surface area contributed by atoms with Gasteiger partial charge < -0.3 is 20.4 Å². The van der Waals surface area contributed by atoms with Gasteiger partial charge in [0.05, 0.1) is 17.3 Å². The Morgan fingerprint density at radius 1 is 1.60 bits per heavy atom. The number of nitrogen functional groups attached to an aromatic ring is 1. The van der Waals surface area contributed by atoms with Crippen molar-refractivity contribution < 1.29 is 9.53 Å². The number of carbonyl (C=O) groups is 1. The smallest absolute Gasteiger partial charge is 0.350 e. The van der Waals surface area contributed by atoms with E-state index in [1.807, 2.05) is 17.8 Å². The number of nitrogens with one attached hydrogen (secondary N) is 1. The van der Waals surface area contributed by atoms with Crippen LogP contribution in [0, 0.1) is 0 Å². The summed E-state index contributed by atoms with van der Waals surface area (Å²) in [5.74, 6) is 0.639. The Kier molecular flexibility index (Phi) is 4.62. The van der Waals surface area contributed by atoms with Gasteiger partial charge >= 0.3 is 5.97 Å². The van der Waals surface area contributed by atoms with Crippen molar-refractivity contribution in [2.75, 3.05) is 24.2 Å². The summed E-state index contributed by atoms with van der Waals surface area (Å²) in [6, 6.07) is 1.76. The number of nitrogens with two attached hydrogens (primary N) is 1. The van der Waals surface area contributed by atoms with Crippen LogP contribution in [0.2, 0.25) is 0 Å². The highest BCUT2D eigenvalue weighted by molar-refractivity contribution is 7.18. The molecular formula is C13H18N4O2S. The van der Waals surface area contributed by atoms with Crippen molar-refractivity contribution in [3.63, 3.8) is 0 Å². The Labute approximate surface area is 121 Å². The van der Waals surface area contributed by atoms with Crippen molar-refractivity contribution in [1.29, 1.82) is 0 Å². The van der Waals surface area contributed by atoms with E-state index in [0.717, 1.165) is 23.8 Å². The minimum atomic E-state index is -0.368. The molecule has 0 spiro atoms. The Morgan fingerprint density at radius 2 is 2.40 bits per heavy atom. The number of hydrogen-bond donors (Lipinski definition) is 2. The molecule has 0 aliphatic rings. The van der Waals surface area contributed by atoms with Gasteiger partial charge in [-0.1, -0.05) is 0 Å². The summed E-state index contributed by atoms with van der Waals surface area (Å²) in [6.07, 6.45) is 4.49. The summed E-state index contributed by atoms with van der Waals surface area (Å²) in [4.78, 5) is 16.4. The van der Waals surface area contributed by atoms with Gasteiger partial charge in [0.1, 0.15) is 10.7 Å². The first kappa shape index (κ1) is 14.4. The van der Waals surface area contributed by atoms with Gasteiger partial charge in [0, 0.05) is 32.4 Å². The molecule has 3 N–H and O–H groups in total. The molecule has 0 radical (unpaired) electrons. The van der Waals surface area contributed by atoms with Crippen LogP contribution in [-0.2, 0) is 18.2 Å². The highest BCUT2D eigenvalue weighted by Gasteiger charge is 2.15. The molecule has 0 aromatic carbocycles. The first-order chi connectivity index (χ1) is 9.61. The van der Waals surface area contributed by atoms with Gasteiger partial charge in [0.25, 0.3) is 0 Å². The molecule has 0 amide bonds. The van der Waals surface area contributed by atoms with Gasteiger partial charge in [-0.05, 0) is 13.0 Å². The van der Waals surface area contributed by atoms with E-state index in [2.05, 4.69) is 10.3 Å². The van der Waals surface area contributed by atoms with Crippen LogP contribution in [-0.4, -0.2) is 28.7 Å². The molecule has 0 saturated heterocycles. The van der Waals surface area contributed by atoms with E-state index in [0.29, 0.717) is 17.2 Å². The Morgan fingerprint density at radius 3 is 3.05 bits per heavy atom. The summed E-state index contributed by atoms with van der Waals surface area (Å²) >= 11 is 1.31. The summed E-state index contributed by atoms with van der Waals surface area (Å²) in [7, 11) is 1.96. The minimum absolute atomic E-state index is 0.345. The standard InChI is InChI=1S/C13H18N4O2S/c1-3-19-13(18)12-9(14)8-11(20-12)16-5-4-10-15-6-7-17(10)2/h6-8,16H,3-5,14H2,1-2H3. The minimum Gasteiger partial charge on any atom is -0.462 e. The van der Waals surface area contributed by atoms with E-state index in [-0.39, 0.29) is 5.97 Å². The lowest BCUT2D eigenvalue weighted by atomic mass is 10.4. The quantitative estimate of drug-likeness (QED) is 0.795. The molecule has 7 heteroatoms. The average Bonchev–Trinajstić information content (AvgIpc) is 2.97. The summed E-state index contributed by atoms with van der Waals surface area (Å²) in [5, 5.41) is 4.11. The molecule has 6 nitrogen and oxygen atoms in total. The molecule has 0 aliphatic heterocycles. The molecule has 2 aromatic heterocycles.